The van der Waals surface area contributed by atoms with E-state index in [9.17, 15) is 4.79 Å². The Labute approximate surface area is 134 Å². The Kier molecular flexibility index (Phi) is 4.17. The molecule has 110 valence electrons. The molecule has 0 bridgehead atoms. The highest BCUT2D eigenvalue weighted by Gasteiger charge is 2.11. The van der Waals surface area contributed by atoms with Crippen molar-refractivity contribution in [3.8, 4) is 17.2 Å². The third-order valence-electron chi connectivity index (χ3n) is 3.52. The molecule has 3 aromatic rings. The lowest BCUT2D eigenvalue weighted by Crippen LogP contribution is -2.12. The molecule has 3 nitrogen and oxygen atoms in total. The molecule has 3 aromatic carbocycles. The van der Waals surface area contributed by atoms with Gasteiger partial charge in [0.05, 0.1) is 11.6 Å². The molecule has 0 aromatic heterocycles. The van der Waals surface area contributed by atoms with E-state index in [-0.39, 0.29) is 5.91 Å². The number of anilines is 1. The summed E-state index contributed by atoms with van der Waals surface area (Å²) in [6, 6.07) is 26.1. The number of benzene rings is 3. The predicted molar refractivity (Wildman–Crippen MR) is 91.0 cm³/mol. The summed E-state index contributed by atoms with van der Waals surface area (Å²) in [6.45, 7) is 0. The summed E-state index contributed by atoms with van der Waals surface area (Å²) < 4.78 is 0. The molecule has 0 fully saturated rings. The van der Waals surface area contributed by atoms with Gasteiger partial charge in [-0.15, -0.1) is 0 Å². The van der Waals surface area contributed by atoms with Gasteiger partial charge in [-0.05, 0) is 35.9 Å². The lowest BCUT2D eigenvalue weighted by Gasteiger charge is -2.12. The van der Waals surface area contributed by atoms with E-state index >= 15 is 0 Å². The SMILES string of the molecule is N#Cc1ccc(NC(=O)c2ccccc2)c(-c2ccccc2)c1. The summed E-state index contributed by atoms with van der Waals surface area (Å²) >= 11 is 0. The van der Waals surface area contributed by atoms with Crippen molar-refractivity contribution >= 4 is 11.6 Å². The minimum Gasteiger partial charge on any atom is -0.321 e. The van der Waals surface area contributed by atoms with Crippen LogP contribution in [0.15, 0.2) is 78.9 Å². The number of hydrogen-bond donors (Lipinski definition) is 1. The highest BCUT2D eigenvalue weighted by molar-refractivity contribution is 6.06. The van der Waals surface area contributed by atoms with Crippen LogP contribution in [0.4, 0.5) is 5.69 Å². The molecule has 0 spiro atoms. The van der Waals surface area contributed by atoms with Crippen LogP contribution >= 0.6 is 0 Å². The molecule has 3 heteroatoms. The van der Waals surface area contributed by atoms with Crippen molar-refractivity contribution in [3.05, 3.63) is 90.0 Å². The summed E-state index contributed by atoms with van der Waals surface area (Å²) in [6.07, 6.45) is 0. The Morgan fingerprint density at radius 2 is 1.52 bits per heavy atom. The van der Waals surface area contributed by atoms with Crippen LogP contribution in [0.3, 0.4) is 0 Å². The monoisotopic (exact) mass is 298 g/mol. The first-order valence-corrected chi connectivity index (χ1v) is 7.24. The van der Waals surface area contributed by atoms with Gasteiger partial charge in [0.2, 0.25) is 0 Å². The third-order valence-corrected chi connectivity index (χ3v) is 3.52. The number of carbonyl (C=O) groups is 1. The molecule has 3 rings (SSSR count). The molecular weight excluding hydrogens is 284 g/mol. The van der Waals surface area contributed by atoms with Crippen LogP contribution in [-0.4, -0.2) is 5.91 Å². The van der Waals surface area contributed by atoms with E-state index in [4.69, 9.17) is 5.26 Å². The molecule has 1 N–H and O–H groups in total. The van der Waals surface area contributed by atoms with Gasteiger partial charge >= 0.3 is 0 Å². The zero-order valence-electron chi connectivity index (χ0n) is 12.4. The van der Waals surface area contributed by atoms with Crippen molar-refractivity contribution in [2.24, 2.45) is 0 Å². The van der Waals surface area contributed by atoms with Crippen LogP contribution < -0.4 is 5.32 Å². The second-order valence-corrected chi connectivity index (χ2v) is 5.06. The van der Waals surface area contributed by atoms with Crippen molar-refractivity contribution < 1.29 is 4.79 Å². The molecule has 0 radical (unpaired) electrons. The van der Waals surface area contributed by atoms with Crippen LogP contribution in [0.1, 0.15) is 15.9 Å². The molecule has 0 aliphatic carbocycles. The van der Waals surface area contributed by atoms with Crippen LogP contribution in [0.2, 0.25) is 0 Å². The van der Waals surface area contributed by atoms with Gasteiger partial charge in [-0.25, -0.2) is 0 Å². The third kappa shape index (κ3) is 3.28. The summed E-state index contributed by atoms with van der Waals surface area (Å²) in [7, 11) is 0. The lowest BCUT2D eigenvalue weighted by atomic mass is 10.0. The average molecular weight is 298 g/mol. The van der Waals surface area contributed by atoms with Gasteiger partial charge < -0.3 is 5.32 Å². The smallest absolute Gasteiger partial charge is 0.255 e. The molecule has 1 amide bonds. The van der Waals surface area contributed by atoms with Gasteiger partial charge in [-0.3, -0.25) is 4.79 Å². The Balaban J connectivity index is 1.99. The van der Waals surface area contributed by atoms with Crippen LogP contribution in [0, 0.1) is 11.3 Å². The first-order valence-electron chi connectivity index (χ1n) is 7.24. The zero-order valence-corrected chi connectivity index (χ0v) is 12.4. The van der Waals surface area contributed by atoms with Crippen LogP contribution in [0.5, 0.6) is 0 Å². The molecule has 23 heavy (non-hydrogen) atoms. The van der Waals surface area contributed by atoms with E-state index in [0.717, 1.165) is 11.1 Å². The van der Waals surface area contributed by atoms with E-state index in [2.05, 4.69) is 11.4 Å². The summed E-state index contributed by atoms with van der Waals surface area (Å²) in [5, 5.41) is 12.1. The van der Waals surface area contributed by atoms with E-state index < -0.39 is 0 Å². The lowest BCUT2D eigenvalue weighted by molar-refractivity contribution is 0.102. The number of nitrogens with one attached hydrogen (secondary N) is 1. The number of nitrogens with zero attached hydrogens (tertiary/aromatic N) is 1. The Morgan fingerprint density at radius 1 is 0.870 bits per heavy atom. The van der Waals surface area contributed by atoms with Crippen molar-refractivity contribution in [2.45, 2.75) is 0 Å². The van der Waals surface area contributed by atoms with Crippen molar-refractivity contribution in [3.63, 3.8) is 0 Å². The summed E-state index contributed by atoms with van der Waals surface area (Å²) in [4.78, 5) is 12.4. The maximum atomic E-state index is 12.4. The standard InChI is InChI=1S/C20H14N2O/c21-14-15-11-12-19(18(13-15)16-7-3-1-4-8-16)22-20(23)17-9-5-2-6-10-17/h1-13H,(H,22,23). The molecule has 0 aliphatic heterocycles. The largest absolute Gasteiger partial charge is 0.321 e. The molecule has 0 saturated carbocycles. The highest BCUT2D eigenvalue weighted by atomic mass is 16.1. The Bertz CT molecular complexity index is 865. The zero-order chi connectivity index (χ0) is 16.1. The van der Waals surface area contributed by atoms with Crippen molar-refractivity contribution in [2.75, 3.05) is 5.32 Å². The molecular formula is C20H14N2O. The summed E-state index contributed by atoms with van der Waals surface area (Å²) in [5.41, 5.74) is 3.61. The van der Waals surface area contributed by atoms with E-state index in [0.29, 0.717) is 16.8 Å². The van der Waals surface area contributed by atoms with Crippen LogP contribution in [-0.2, 0) is 0 Å². The van der Waals surface area contributed by atoms with Gasteiger partial charge in [0.1, 0.15) is 0 Å². The fourth-order valence-electron chi connectivity index (χ4n) is 2.36. The normalized spacial score (nSPS) is 9.87. The molecule has 0 aliphatic rings. The van der Waals surface area contributed by atoms with E-state index in [1.165, 1.54) is 0 Å². The quantitative estimate of drug-likeness (QED) is 0.775. The topological polar surface area (TPSA) is 52.9 Å². The van der Waals surface area contributed by atoms with Gasteiger partial charge in [0, 0.05) is 16.8 Å². The fraction of sp³-hybridized carbons (Fsp3) is 0. The number of hydrogen-bond acceptors (Lipinski definition) is 2. The number of rotatable bonds is 3. The molecule has 0 unspecified atom stereocenters. The minimum absolute atomic E-state index is 0.174. The first-order chi connectivity index (χ1) is 11.3. The van der Waals surface area contributed by atoms with E-state index in [1.54, 1.807) is 30.3 Å². The maximum Gasteiger partial charge on any atom is 0.255 e. The van der Waals surface area contributed by atoms with Gasteiger partial charge in [0.15, 0.2) is 0 Å². The number of nitriles is 1. The first kappa shape index (κ1) is 14.6. The Hall–Kier alpha value is -3.38. The second kappa shape index (κ2) is 6.59. The highest BCUT2D eigenvalue weighted by Crippen LogP contribution is 2.29. The molecule has 0 atom stereocenters. The maximum absolute atomic E-state index is 12.4. The number of carbonyl (C=O) groups excluding carboxylic acids is 1. The van der Waals surface area contributed by atoms with Crippen molar-refractivity contribution in [1.29, 1.82) is 5.26 Å². The van der Waals surface area contributed by atoms with Gasteiger partial charge in [0.25, 0.3) is 5.91 Å². The number of amides is 1. The summed E-state index contributed by atoms with van der Waals surface area (Å²) in [5.74, 6) is -0.174. The minimum atomic E-state index is -0.174. The predicted octanol–water partition coefficient (Wildman–Crippen LogP) is 4.48. The van der Waals surface area contributed by atoms with Gasteiger partial charge in [-0.2, -0.15) is 5.26 Å². The fourth-order valence-corrected chi connectivity index (χ4v) is 2.36. The van der Waals surface area contributed by atoms with Crippen LogP contribution in [0.25, 0.3) is 11.1 Å². The second-order valence-electron chi connectivity index (χ2n) is 5.06. The van der Waals surface area contributed by atoms with Crippen molar-refractivity contribution in [1.82, 2.24) is 0 Å². The van der Waals surface area contributed by atoms with E-state index in [1.807, 2.05) is 48.5 Å². The van der Waals surface area contributed by atoms with Gasteiger partial charge in [-0.1, -0.05) is 48.5 Å². The Morgan fingerprint density at radius 3 is 2.17 bits per heavy atom. The molecule has 0 saturated heterocycles. The molecule has 0 heterocycles. The average Bonchev–Trinajstić information content (AvgIpc) is 2.63.